The molecule has 1 heterocycles. The van der Waals surface area contributed by atoms with Crippen LogP contribution in [-0.2, 0) is 0 Å². The molecule has 1 N–H and O–H groups in total. The molecule has 2 rings (SSSR count). The molecule has 0 aliphatic rings. The highest BCUT2D eigenvalue weighted by molar-refractivity contribution is 5.85. The van der Waals surface area contributed by atoms with E-state index in [1.165, 1.54) is 30.4 Å². The predicted octanol–water partition coefficient (Wildman–Crippen LogP) is 5.14. The lowest BCUT2D eigenvalue weighted by atomic mass is 10.1. The smallest absolute Gasteiger partial charge is 0.146 e. The first-order chi connectivity index (χ1) is 10.9. The summed E-state index contributed by atoms with van der Waals surface area (Å²) in [5.41, 5.74) is 5.40. The second kappa shape index (κ2) is 9.50. The van der Waals surface area contributed by atoms with E-state index in [-0.39, 0.29) is 0 Å². The van der Waals surface area contributed by atoms with Gasteiger partial charge in [0.1, 0.15) is 5.82 Å². The van der Waals surface area contributed by atoms with Crippen LogP contribution in [0.3, 0.4) is 0 Å². The third-order valence-electron chi connectivity index (χ3n) is 3.30. The molecule has 0 bridgehead atoms. The Morgan fingerprint density at radius 3 is 2.64 bits per heavy atom. The zero-order chi connectivity index (χ0) is 15.5. The highest BCUT2D eigenvalue weighted by Gasteiger charge is 1.96. The molecule has 0 radical (unpaired) electrons. The number of pyridine rings is 1. The van der Waals surface area contributed by atoms with Crippen LogP contribution < -0.4 is 5.43 Å². The van der Waals surface area contributed by atoms with Crippen molar-refractivity contribution in [3.63, 3.8) is 0 Å². The lowest BCUT2D eigenvalue weighted by Gasteiger charge is -2.03. The summed E-state index contributed by atoms with van der Waals surface area (Å²) in [5.74, 6) is 0.756. The van der Waals surface area contributed by atoms with Crippen LogP contribution in [0.5, 0.6) is 0 Å². The number of hydrazone groups is 1. The van der Waals surface area contributed by atoms with Crippen LogP contribution in [0.15, 0.2) is 65.4 Å². The van der Waals surface area contributed by atoms with Crippen molar-refractivity contribution in [3.8, 4) is 0 Å². The molecule has 1 aromatic carbocycles. The monoisotopic (exact) mass is 293 g/mol. The van der Waals surface area contributed by atoms with E-state index < -0.39 is 0 Å². The molecular formula is C19H23N3. The normalized spacial score (nSPS) is 11.8. The van der Waals surface area contributed by atoms with Gasteiger partial charge >= 0.3 is 0 Å². The van der Waals surface area contributed by atoms with Gasteiger partial charge in [0.05, 0.1) is 6.21 Å². The highest BCUT2D eigenvalue weighted by atomic mass is 15.3. The van der Waals surface area contributed by atoms with E-state index >= 15 is 0 Å². The fraction of sp³-hybridized carbons (Fsp3) is 0.263. The maximum absolute atomic E-state index is 4.31. The zero-order valence-electron chi connectivity index (χ0n) is 13.1. The van der Waals surface area contributed by atoms with Crippen LogP contribution in [-0.4, -0.2) is 11.2 Å². The first-order valence-corrected chi connectivity index (χ1v) is 7.84. The van der Waals surface area contributed by atoms with Gasteiger partial charge < -0.3 is 0 Å². The van der Waals surface area contributed by atoms with Gasteiger partial charge in [-0.1, -0.05) is 62.2 Å². The second-order valence-corrected chi connectivity index (χ2v) is 5.17. The van der Waals surface area contributed by atoms with Gasteiger partial charge in [-0.15, -0.1) is 0 Å². The number of hydrogen-bond acceptors (Lipinski definition) is 3. The van der Waals surface area contributed by atoms with Crippen molar-refractivity contribution in [2.45, 2.75) is 32.6 Å². The minimum absolute atomic E-state index is 0.756. The predicted molar refractivity (Wildman–Crippen MR) is 94.9 cm³/mol. The largest absolute Gasteiger partial charge is 0.261 e. The maximum atomic E-state index is 4.31. The number of aromatic nitrogens is 1. The molecule has 0 saturated carbocycles. The molecule has 0 unspecified atom stereocenters. The Labute approximate surface area is 132 Å². The van der Waals surface area contributed by atoms with Gasteiger partial charge in [-0.2, -0.15) is 5.10 Å². The summed E-state index contributed by atoms with van der Waals surface area (Å²) in [6, 6.07) is 16.1. The minimum atomic E-state index is 0.756. The molecule has 1 aromatic heterocycles. The molecule has 0 aliphatic heterocycles. The van der Waals surface area contributed by atoms with Crippen molar-refractivity contribution >= 4 is 18.1 Å². The SMILES string of the molecule is CCCCCC(=C/c1ccccc1)/C=N/Nc1ccccn1. The quantitative estimate of drug-likeness (QED) is 0.415. The average Bonchev–Trinajstić information content (AvgIpc) is 2.57. The Kier molecular flexibility index (Phi) is 6.89. The lowest BCUT2D eigenvalue weighted by molar-refractivity contribution is 0.724. The van der Waals surface area contributed by atoms with E-state index in [2.05, 4.69) is 52.8 Å². The molecule has 0 saturated heterocycles. The van der Waals surface area contributed by atoms with Crippen LogP contribution in [0.25, 0.3) is 6.08 Å². The maximum Gasteiger partial charge on any atom is 0.146 e. The molecule has 0 fully saturated rings. The Balaban J connectivity index is 2.02. The van der Waals surface area contributed by atoms with E-state index in [1.54, 1.807) is 6.20 Å². The number of rotatable bonds is 8. The number of benzene rings is 1. The summed E-state index contributed by atoms with van der Waals surface area (Å²) in [7, 11) is 0. The standard InChI is InChI=1S/C19H23N3/c1-2-3-5-12-18(15-17-10-6-4-7-11-17)16-21-22-19-13-8-9-14-20-19/h4,6-11,13-16H,2-3,5,12H2,1H3,(H,20,22)/b18-15-,21-16+. The van der Waals surface area contributed by atoms with Crippen molar-refractivity contribution in [1.82, 2.24) is 4.98 Å². The zero-order valence-corrected chi connectivity index (χ0v) is 13.1. The average molecular weight is 293 g/mol. The molecule has 0 spiro atoms. The summed E-state index contributed by atoms with van der Waals surface area (Å²) in [5, 5.41) is 4.31. The highest BCUT2D eigenvalue weighted by Crippen LogP contribution is 2.12. The van der Waals surface area contributed by atoms with Crippen LogP contribution in [0.2, 0.25) is 0 Å². The van der Waals surface area contributed by atoms with Crippen molar-refractivity contribution in [2.75, 3.05) is 5.43 Å². The van der Waals surface area contributed by atoms with Crippen LogP contribution >= 0.6 is 0 Å². The van der Waals surface area contributed by atoms with E-state index in [0.29, 0.717) is 0 Å². The van der Waals surface area contributed by atoms with Gasteiger partial charge in [-0.3, -0.25) is 5.43 Å². The summed E-state index contributed by atoms with van der Waals surface area (Å²) in [6.45, 7) is 2.22. The topological polar surface area (TPSA) is 37.3 Å². The van der Waals surface area contributed by atoms with Gasteiger partial charge in [0.15, 0.2) is 0 Å². The number of nitrogens with zero attached hydrogens (tertiary/aromatic N) is 2. The van der Waals surface area contributed by atoms with Crippen LogP contribution in [0, 0.1) is 0 Å². The number of unbranched alkanes of at least 4 members (excludes halogenated alkanes) is 2. The Morgan fingerprint density at radius 1 is 1.09 bits per heavy atom. The van der Waals surface area contributed by atoms with Gasteiger partial charge in [0, 0.05) is 6.20 Å². The Morgan fingerprint density at radius 2 is 1.91 bits per heavy atom. The van der Waals surface area contributed by atoms with Crippen molar-refractivity contribution < 1.29 is 0 Å². The van der Waals surface area contributed by atoms with E-state index in [9.17, 15) is 0 Å². The van der Waals surface area contributed by atoms with E-state index in [1.807, 2.05) is 30.5 Å². The lowest BCUT2D eigenvalue weighted by Crippen LogP contribution is -1.94. The molecule has 2 aromatic rings. The second-order valence-electron chi connectivity index (χ2n) is 5.17. The first-order valence-electron chi connectivity index (χ1n) is 7.84. The van der Waals surface area contributed by atoms with Crippen molar-refractivity contribution in [1.29, 1.82) is 0 Å². The molecule has 0 amide bonds. The Hall–Kier alpha value is -2.42. The number of allylic oxidation sites excluding steroid dienone is 1. The van der Waals surface area contributed by atoms with Gasteiger partial charge in [0.25, 0.3) is 0 Å². The molecular weight excluding hydrogens is 270 g/mol. The number of anilines is 1. The molecule has 3 nitrogen and oxygen atoms in total. The fourth-order valence-corrected chi connectivity index (χ4v) is 2.13. The Bertz CT molecular complexity index is 589. The first kappa shape index (κ1) is 16.0. The minimum Gasteiger partial charge on any atom is -0.261 e. The van der Waals surface area contributed by atoms with Crippen molar-refractivity contribution in [3.05, 3.63) is 65.9 Å². The van der Waals surface area contributed by atoms with Gasteiger partial charge in [-0.25, -0.2) is 4.98 Å². The summed E-state index contributed by atoms with van der Waals surface area (Å²) in [6.07, 6.45) is 10.5. The van der Waals surface area contributed by atoms with Crippen LogP contribution in [0.1, 0.15) is 38.2 Å². The number of nitrogens with one attached hydrogen (secondary N) is 1. The molecule has 114 valence electrons. The fourth-order valence-electron chi connectivity index (χ4n) is 2.13. The van der Waals surface area contributed by atoms with E-state index in [0.717, 1.165) is 12.2 Å². The van der Waals surface area contributed by atoms with Crippen LogP contribution in [0.4, 0.5) is 5.82 Å². The third-order valence-corrected chi connectivity index (χ3v) is 3.30. The molecule has 22 heavy (non-hydrogen) atoms. The summed E-state index contributed by atoms with van der Waals surface area (Å²) >= 11 is 0. The number of hydrogen-bond donors (Lipinski definition) is 1. The van der Waals surface area contributed by atoms with Gasteiger partial charge in [-0.05, 0) is 36.1 Å². The van der Waals surface area contributed by atoms with E-state index in [4.69, 9.17) is 0 Å². The van der Waals surface area contributed by atoms with Gasteiger partial charge in [0.2, 0.25) is 0 Å². The summed E-state index contributed by atoms with van der Waals surface area (Å²) < 4.78 is 0. The summed E-state index contributed by atoms with van der Waals surface area (Å²) in [4.78, 5) is 4.19. The molecule has 0 atom stereocenters. The van der Waals surface area contributed by atoms with Crippen molar-refractivity contribution in [2.24, 2.45) is 5.10 Å². The third kappa shape index (κ3) is 5.92. The molecule has 3 heteroatoms. The molecule has 0 aliphatic carbocycles.